The molecule has 0 unspecified atom stereocenters. The number of methoxy groups -OCH3 is 1. The first-order valence-electron chi connectivity index (χ1n) is 6.93. The summed E-state index contributed by atoms with van der Waals surface area (Å²) in [5.74, 6) is -0.146. The van der Waals surface area contributed by atoms with Gasteiger partial charge in [-0.15, -0.1) is 0 Å². The molecular formula is C15H20N2O2. The van der Waals surface area contributed by atoms with Crippen molar-refractivity contribution in [1.82, 2.24) is 4.90 Å². The average Bonchev–Trinajstić information content (AvgIpc) is 3.15. The van der Waals surface area contributed by atoms with Crippen LogP contribution in [0.1, 0.15) is 24.0 Å². The Bertz CT molecular complexity index is 483. The second kappa shape index (κ2) is 5.21. The number of carbonyl (C=O) groups is 1. The van der Waals surface area contributed by atoms with Gasteiger partial charge in [-0.05, 0) is 30.4 Å². The normalized spacial score (nSPS) is 17.2. The van der Waals surface area contributed by atoms with Crippen molar-refractivity contribution < 1.29 is 9.53 Å². The summed E-state index contributed by atoms with van der Waals surface area (Å²) < 4.78 is 4.79. The monoisotopic (exact) mass is 260 g/mol. The van der Waals surface area contributed by atoms with Crippen molar-refractivity contribution in [3.63, 3.8) is 0 Å². The van der Waals surface area contributed by atoms with E-state index in [1.807, 2.05) is 0 Å². The van der Waals surface area contributed by atoms with Crippen LogP contribution in [0.2, 0.25) is 0 Å². The third-order valence-electron chi connectivity index (χ3n) is 3.93. The lowest BCUT2D eigenvalue weighted by molar-refractivity contribution is -0.142. The fourth-order valence-corrected chi connectivity index (χ4v) is 2.75. The molecular weight excluding hydrogens is 240 g/mol. The summed E-state index contributed by atoms with van der Waals surface area (Å²) in [4.78, 5) is 13.7. The van der Waals surface area contributed by atoms with Crippen LogP contribution in [0.5, 0.6) is 0 Å². The Hall–Kier alpha value is -1.55. The zero-order chi connectivity index (χ0) is 13.2. The number of hydrogen-bond acceptors (Lipinski definition) is 4. The molecule has 3 rings (SSSR count). The Morgan fingerprint density at radius 3 is 3.05 bits per heavy atom. The van der Waals surface area contributed by atoms with Gasteiger partial charge in [0, 0.05) is 24.8 Å². The van der Waals surface area contributed by atoms with E-state index >= 15 is 0 Å². The summed E-state index contributed by atoms with van der Waals surface area (Å²) in [7, 11) is 1.45. The second-order valence-electron chi connectivity index (χ2n) is 5.34. The quantitative estimate of drug-likeness (QED) is 0.820. The van der Waals surface area contributed by atoms with Gasteiger partial charge in [0.2, 0.25) is 0 Å². The summed E-state index contributed by atoms with van der Waals surface area (Å²) in [6, 6.07) is 7.01. The molecule has 4 heteroatoms. The van der Waals surface area contributed by atoms with Gasteiger partial charge >= 0.3 is 5.97 Å². The maximum atomic E-state index is 11.5. The zero-order valence-electron chi connectivity index (χ0n) is 11.3. The van der Waals surface area contributed by atoms with Crippen molar-refractivity contribution in [3.8, 4) is 0 Å². The number of fused-ring (bicyclic) bond motifs is 1. The fourth-order valence-electron chi connectivity index (χ4n) is 2.75. The van der Waals surface area contributed by atoms with Crippen LogP contribution in [0.15, 0.2) is 18.2 Å². The van der Waals surface area contributed by atoms with Crippen LogP contribution in [0, 0.1) is 0 Å². The van der Waals surface area contributed by atoms with E-state index in [9.17, 15) is 4.79 Å². The maximum absolute atomic E-state index is 11.5. The summed E-state index contributed by atoms with van der Waals surface area (Å²) in [6.45, 7) is 2.24. The first kappa shape index (κ1) is 12.5. The second-order valence-corrected chi connectivity index (χ2v) is 5.34. The molecule has 0 amide bonds. The molecule has 1 aliphatic heterocycles. The number of benzene rings is 1. The molecule has 1 heterocycles. The molecule has 19 heavy (non-hydrogen) atoms. The third kappa shape index (κ3) is 2.73. The summed E-state index contributed by atoms with van der Waals surface area (Å²) in [5, 5.41) is 3.46. The smallest absolute Gasteiger partial charge is 0.319 e. The Balaban J connectivity index is 1.75. The van der Waals surface area contributed by atoms with Gasteiger partial charge < -0.3 is 10.1 Å². The van der Waals surface area contributed by atoms with E-state index in [4.69, 9.17) is 4.74 Å². The van der Waals surface area contributed by atoms with E-state index in [-0.39, 0.29) is 5.97 Å². The number of para-hydroxylation sites is 1. The molecule has 1 N–H and O–H groups in total. The summed E-state index contributed by atoms with van der Waals surface area (Å²) >= 11 is 0. The fraction of sp³-hybridized carbons (Fsp3) is 0.533. The van der Waals surface area contributed by atoms with Crippen LogP contribution in [-0.2, 0) is 22.5 Å². The highest BCUT2D eigenvalue weighted by Crippen LogP contribution is 2.32. The number of carbonyl (C=O) groups excluding carboxylic acids is 1. The number of nitrogens with one attached hydrogen (secondary N) is 1. The van der Waals surface area contributed by atoms with Crippen LogP contribution in [-0.4, -0.2) is 37.1 Å². The van der Waals surface area contributed by atoms with Crippen LogP contribution in [0.25, 0.3) is 0 Å². The predicted octanol–water partition coefficient (Wildman–Crippen LogP) is 1.79. The number of anilines is 1. The van der Waals surface area contributed by atoms with Gasteiger partial charge in [0.1, 0.15) is 0 Å². The Morgan fingerprint density at radius 1 is 1.47 bits per heavy atom. The van der Waals surface area contributed by atoms with Crippen LogP contribution in [0.3, 0.4) is 0 Å². The minimum absolute atomic E-state index is 0.146. The third-order valence-corrected chi connectivity index (χ3v) is 3.93. The van der Waals surface area contributed by atoms with Crippen molar-refractivity contribution in [2.75, 3.05) is 25.5 Å². The molecule has 0 bridgehead atoms. The molecule has 1 fully saturated rings. The lowest BCUT2D eigenvalue weighted by Gasteiger charge is -2.22. The molecule has 1 aromatic rings. The van der Waals surface area contributed by atoms with E-state index in [1.165, 1.54) is 36.8 Å². The number of hydrogen-bond donors (Lipinski definition) is 1. The Kier molecular flexibility index (Phi) is 3.42. The summed E-state index contributed by atoms with van der Waals surface area (Å²) in [5.41, 5.74) is 3.97. The first-order valence-corrected chi connectivity index (χ1v) is 6.93. The Labute approximate surface area is 113 Å². The van der Waals surface area contributed by atoms with Crippen molar-refractivity contribution in [2.45, 2.75) is 31.8 Å². The van der Waals surface area contributed by atoms with Gasteiger partial charge in [-0.2, -0.15) is 0 Å². The number of ether oxygens (including phenoxy) is 1. The number of rotatable bonds is 5. The first-order chi connectivity index (χ1) is 9.28. The van der Waals surface area contributed by atoms with Gasteiger partial charge in [0.05, 0.1) is 13.7 Å². The molecule has 0 aromatic heterocycles. The predicted molar refractivity (Wildman–Crippen MR) is 74.1 cm³/mol. The van der Waals surface area contributed by atoms with E-state index < -0.39 is 0 Å². The van der Waals surface area contributed by atoms with Crippen molar-refractivity contribution in [3.05, 3.63) is 29.3 Å². The largest absolute Gasteiger partial charge is 0.468 e. The highest BCUT2D eigenvalue weighted by atomic mass is 16.5. The molecule has 102 valence electrons. The van der Waals surface area contributed by atoms with Crippen LogP contribution in [0.4, 0.5) is 5.69 Å². The molecule has 0 saturated heterocycles. The van der Waals surface area contributed by atoms with Crippen LogP contribution >= 0.6 is 0 Å². The van der Waals surface area contributed by atoms with Gasteiger partial charge in [0.25, 0.3) is 0 Å². The molecule has 0 radical (unpaired) electrons. The summed E-state index contributed by atoms with van der Waals surface area (Å²) in [6.07, 6.45) is 3.49. The highest BCUT2D eigenvalue weighted by Gasteiger charge is 2.31. The zero-order valence-corrected chi connectivity index (χ0v) is 11.3. The van der Waals surface area contributed by atoms with E-state index in [2.05, 4.69) is 28.4 Å². The van der Waals surface area contributed by atoms with Crippen LogP contribution < -0.4 is 5.32 Å². The molecule has 1 saturated carbocycles. The van der Waals surface area contributed by atoms with Crippen molar-refractivity contribution in [1.29, 1.82) is 0 Å². The topological polar surface area (TPSA) is 41.6 Å². The van der Waals surface area contributed by atoms with Crippen molar-refractivity contribution >= 4 is 11.7 Å². The van der Waals surface area contributed by atoms with Crippen molar-refractivity contribution in [2.24, 2.45) is 0 Å². The lowest BCUT2D eigenvalue weighted by atomic mass is 10.1. The molecule has 2 aliphatic rings. The highest BCUT2D eigenvalue weighted by molar-refractivity contribution is 5.71. The average molecular weight is 260 g/mol. The molecule has 4 nitrogen and oxygen atoms in total. The standard InChI is InChI=1S/C15H20N2O2/c1-19-14(18)10-17(13-5-6-13)9-12-4-2-3-11-7-8-16-15(11)12/h2-4,13,16H,5-10H2,1H3. The van der Waals surface area contributed by atoms with Gasteiger partial charge in [-0.3, -0.25) is 9.69 Å². The SMILES string of the molecule is COC(=O)CN(Cc1cccc2c1NCC2)C1CC1. The van der Waals surface area contributed by atoms with Gasteiger partial charge in [-0.1, -0.05) is 18.2 Å². The van der Waals surface area contributed by atoms with Gasteiger partial charge in [-0.25, -0.2) is 0 Å². The van der Waals surface area contributed by atoms with E-state index in [0.717, 1.165) is 19.5 Å². The lowest BCUT2D eigenvalue weighted by Crippen LogP contribution is -2.32. The number of nitrogens with zero attached hydrogens (tertiary/aromatic N) is 1. The minimum Gasteiger partial charge on any atom is -0.468 e. The maximum Gasteiger partial charge on any atom is 0.319 e. The number of esters is 1. The molecule has 0 atom stereocenters. The van der Waals surface area contributed by atoms with Gasteiger partial charge in [0.15, 0.2) is 0 Å². The van der Waals surface area contributed by atoms with E-state index in [1.54, 1.807) is 0 Å². The Morgan fingerprint density at radius 2 is 2.32 bits per heavy atom. The minimum atomic E-state index is -0.146. The molecule has 0 spiro atoms. The molecule has 1 aliphatic carbocycles. The van der Waals surface area contributed by atoms with E-state index in [0.29, 0.717) is 12.6 Å². The molecule has 1 aromatic carbocycles.